The topological polar surface area (TPSA) is 119 Å². The number of carbonyl (C=O) groups excluding carboxylic acids is 3. The molecule has 4 amide bonds. The van der Waals surface area contributed by atoms with E-state index in [9.17, 15) is 14.4 Å². The van der Waals surface area contributed by atoms with Gasteiger partial charge in [-0.15, -0.1) is 0 Å². The standard InChI is InChI=1S/C27H30N6O3/c1-5-15-8-7-9-16(6-2)22(15)29-26(36)33-13-18-21(14-33)31-32-23(18)30-24(34)17-10-11-19-20(12-17)28-25(35)27(19,3)4/h7-12H,5-6,13-14H2,1-4H3,(H,28,35)(H,29,36)(H2,30,31,32,34). The number of aryl methyl sites for hydroxylation is 2. The van der Waals surface area contributed by atoms with Gasteiger partial charge in [-0.3, -0.25) is 14.7 Å². The number of urea groups is 1. The first-order valence-corrected chi connectivity index (χ1v) is 12.2. The van der Waals surface area contributed by atoms with E-state index in [2.05, 4.69) is 40.0 Å². The first-order chi connectivity index (χ1) is 17.2. The largest absolute Gasteiger partial charge is 0.325 e. The summed E-state index contributed by atoms with van der Waals surface area (Å²) < 4.78 is 0. The van der Waals surface area contributed by atoms with Gasteiger partial charge >= 0.3 is 6.03 Å². The number of aromatic nitrogens is 2. The SMILES string of the molecule is CCc1cccc(CC)c1NC(=O)N1Cc2[nH]nc(NC(=O)c3ccc4c(c3)NC(=O)C4(C)C)c2C1. The molecule has 2 aliphatic rings. The van der Waals surface area contributed by atoms with Crippen LogP contribution in [0.25, 0.3) is 0 Å². The molecule has 0 atom stereocenters. The quantitative estimate of drug-likeness (QED) is 0.422. The Hall–Kier alpha value is -4.14. The number of hydrogen-bond acceptors (Lipinski definition) is 4. The number of H-pyrrole nitrogens is 1. The summed E-state index contributed by atoms with van der Waals surface area (Å²) >= 11 is 0. The summed E-state index contributed by atoms with van der Waals surface area (Å²) in [6, 6.07) is 11.1. The molecule has 2 aliphatic heterocycles. The lowest BCUT2D eigenvalue weighted by Gasteiger charge is -2.20. The summed E-state index contributed by atoms with van der Waals surface area (Å²) in [7, 11) is 0. The fourth-order valence-corrected chi connectivity index (χ4v) is 4.89. The minimum absolute atomic E-state index is 0.0915. The number of hydrogen-bond donors (Lipinski definition) is 4. The third-order valence-corrected chi connectivity index (χ3v) is 7.17. The maximum Gasteiger partial charge on any atom is 0.322 e. The molecule has 9 nitrogen and oxygen atoms in total. The molecule has 0 fully saturated rings. The molecular formula is C27H30N6O3. The normalized spacial score (nSPS) is 15.3. The molecule has 2 aromatic carbocycles. The van der Waals surface area contributed by atoms with E-state index < -0.39 is 5.41 Å². The third-order valence-electron chi connectivity index (χ3n) is 7.17. The number of rotatable bonds is 5. The fourth-order valence-electron chi connectivity index (χ4n) is 4.89. The van der Waals surface area contributed by atoms with Gasteiger partial charge in [-0.25, -0.2) is 4.79 Å². The van der Waals surface area contributed by atoms with Crippen molar-refractivity contribution in [2.24, 2.45) is 0 Å². The molecule has 4 N–H and O–H groups in total. The number of carbonyl (C=O) groups is 3. The van der Waals surface area contributed by atoms with Crippen LogP contribution in [0.4, 0.5) is 22.0 Å². The van der Waals surface area contributed by atoms with Crippen molar-refractivity contribution in [3.8, 4) is 0 Å². The Labute approximate surface area is 209 Å². The van der Waals surface area contributed by atoms with Crippen LogP contribution in [0.2, 0.25) is 0 Å². The average Bonchev–Trinajstić information content (AvgIpc) is 3.51. The van der Waals surface area contributed by atoms with Crippen molar-refractivity contribution in [3.63, 3.8) is 0 Å². The lowest BCUT2D eigenvalue weighted by atomic mass is 9.86. The van der Waals surface area contributed by atoms with Crippen molar-refractivity contribution in [1.82, 2.24) is 15.1 Å². The predicted octanol–water partition coefficient (Wildman–Crippen LogP) is 4.56. The van der Waals surface area contributed by atoms with E-state index in [0.717, 1.165) is 46.5 Å². The highest BCUT2D eigenvalue weighted by Crippen LogP contribution is 2.38. The van der Waals surface area contributed by atoms with Crippen LogP contribution < -0.4 is 16.0 Å². The van der Waals surface area contributed by atoms with Crippen molar-refractivity contribution < 1.29 is 14.4 Å². The van der Waals surface area contributed by atoms with Gasteiger partial charge in [0.15, 0.2) is 5.82 Å². The first-order valence-electron chi connectivity index (χ1n) is 12.2. The van der Waals surface area contributed by atoms with Gasteiger partial charge in [-0.2, -0.15) is 5.10 Å². The summed E-state index contributed by atoms with van der Waals surface area (Å²) in [6.45, 7) is 8.56. The van der Waals surface area contributed by atoms with Gasteiger partial charge in [0, 0.05) is 22.5 Å². The Balaban J connectivity index is 1.29. The van der Waals surface area contributed by atoms with Gasteiger partial charge in [0.1, 0.15) is 0 Å². The van der Waals surface area contributed by atoms with Crippen molar-refractivity contribution >= 4 is 35.0 Å². The van der Waals surface area contributed by atoms with Gasteiger partial charge in [-0.1, -0.05) is 38.1 Å². The second-order valence-electron chi connectivity index (χ2n) is 9.77. The molecule has 36 heavy (non-hydrogen) atoms. The number of nitrogens with zero attached hydrogens (tertiary/aromatic N) is 2. The number of nitrogens with one attached hydrogen (secondary N) is 4. The smallest absolute Gasteiger partial charge is 0.322 e. The molecule has 1 aromatic heterocycles. The van der Waals surface area contributed by atoms with Crippen LogP contribution >= 0.6 is 0 Å². The molecular weight excluding hydrogens is 456 g/mol. The second kappa shape index (κ2) is 8.82. The lowest BCUT2D eigenvalue weighted by Crippen LogP contribution is -2.31. The van der Waals surface area contributed by atoms with Crippen LogP contribution in [0, 0.1) is 0 Å². The summed E-state index contributed by atoms with van der Waals surface area (Å²) in [4.78, 5) is 40.0. The molecule has 3 aromatic rings. The number of fused-ring (bicyclic) bond motifs is 2. The first kappa shape index (κ1) is 23.6. The molecule has 0 spiro atoms. The van der Waals surface area contributed by atoms with E-state index in [1.54, 1.807) is 17.0 Å². The third kappa shape index (κ3) is 3.90. The number of aromatic amines is 1. The predicted molar refractivity (Wildman–Crippen MR) is 138 cm³/mol. The van der Waals surface area contributed by atoms with Gasteiger partial charge in [0.05, 0.1) is 24.2 Å². The van der Waals surface area contributed by atoms with Crippen LogP contribution in [-0.2, 0) is 36.1 Å². The number of para-hydroxylation sites is 1. The van der Waals surface area contributed by atoms with Gasteiger partial charge in [0.25, 0.3) is 5.91 Å². The fraction of sp³-hybridized carbons (Fsp3) is 0.333. The zero-order chi connectivity index (χ0) is 25.6. The summed E-state index contributed by atoms with van der Waals surface area (Å²) in [5.74, 6) is -0.0250. The zero-order valence-electron chi connectivity index (χ0n) is 20.9. The Morgan fingerprint density at radius 1 is 1.06 bits per heavy atom. The van der Waals surface area contributed by atoms with Crippen molar-refractivity contribution in [1.29, 1.82) is 0 Å². The second-order valence-corrected chi connectivity index (χ2v) is 9.77. The number of amides is 4. The van der Waals surface area contributed by atoms with E-state index in [4.69, 9.17) is 0 Å². The van der Waals surface area contributed by atoms with Crippen LogP contribution in [0.1, 0.15) is 66.0 Å². The van der Waals surface area contributed by atoms with E-state index in [1.165, 1.54) is 0 Å². The van der Waals surface area contributed by atoms with Crippen molar-refractivity contribution in [2.75, 3.05) is 16.0 Å². The summed E-state index contributed by atoms with van der Waals surface area (Å²) in [5, 5.41) is 16.0. The van der Waals surface area contributed by atoms with E-state index >= 15 is 0 Å². The van der Waals surface area contributed by atoms with Gasteiger partial charge in [0.2, 0.25) is 5.91 Å². The summed E-state index contributed by atoms with van der Waals surface area (Å²) in [6.07, 6.45) is 1.65. The van der Waals surface area contributed by atoms with Crippen LogP contribution in [0.3, 0.4) is 0 Å². The lowest BCUT2D eigenvalue weighted by molar-refractivity contribution is -0.119. The highest BCUT2D eigenvalue weighted by molar-refractivity contribution is 6.09. The van der Waals surface area contributed by atoms with E-state index in [-0.39, 0.29) is 17.8 Å². The Morgan fingerprint density at radius 3 is 2.47 bits per heavy atom. The maximum atomic E-state index is 13.1. The van der Waals surface area contributed by atoms with Gasteiger partial charge < -0.3 is 20.9 Å². The molecule has 0 saturated heterocycles. The molecule has 3 heterocycles. The zero-order valence-corrected chi connectivity index (χ0v) is 20.9. The highest BCUT2D eigenvalue weighted by atomic mass is 16.2. The minimum atomic E-state index is -0.632. The van der Waals surface area contributed by atoms with E-state index in [1.807, 2.05) is 38.1 Å². The van der Waals surface area contributed by atoms with Gasteiger partial charge in [-0.05, 0) is 55.5 Å². The Kier molecular flexibility index (Phi) is 5.78. The number of benzene rings is 2. The van der Waals surface area contributed by atoms with Crippen LogP contribution in [0.15, 0.2) is 36.4 Å². The molecule has 186 valence electrons. The summed E-state index contributed by atoms with van der Waals surface area (Å²) in [5.41, 5.74) is 5.95. The minimum Gasteiger partial charge on any atom is -0.325 e. The molecule has 5 rings (SSSR count). The van der Waals surface area contributed by atoms with Crippen molar-refractivity contribution in [3.05, 3.63) is 69.9 Å². The number of anilines is 3. The Bertz CT molecular complexity index is 1370. The average molecular weight is 487 g/mol. The van der Waals surface area contributed by atoms with Crippen LogP contribution in [-0.4, -0.2) is 32.9 Å². The Morgan fingerprint density at radius 2 is 1.78 bits per heavy atom. The maximum absolute atomic E-state index is 13.1. The monoisotopic (exact) mass is 486 g/mol. The molecule has 0 saturated carbocycles. The molecule has 9 heteroatoms. The molecule has 0 radical (unpaired) electrons. The van der Waals surface area contributed by atoms with Crippen LogP contribution in [0.5, 0.6) is 0 Å². The molecule has 0 unspecified atom stereocenters. The van der Waals surface area contributed by atoms with Crippen molar-refractivity contribution in [2.45, 2.75) is 59.0 Å². The van der Waals surface area contributed by atoms with E-state index in [0.29, 0.717) is 30.2 Å². The molecule has 0 aliphatic carbocycles. The molecule has 0 bridgehead atoms. The highest BCUT2D eigenvalue weighted by Gasteiger charge is 2.38.